The van der Waals surface area contributed by atoms with E-state index in [1.54, 1.807) is 0 Å². The highest BCUT2D eigenvalue weighted by Crippen LogP contribution is 2.34. The van der Waals surface area contributed by atoms with Crippen molar-refractivity contribution < 1.29 is 19.2 Å². The number of carbonyl (C=O) groups excluding carboxylic acids is 1. The minimum atomic E-state index is -0.620. The molecular weight excluding hydrogens is 290 g/mol. The highest BCUT2D eigenvalue weighted by atomic mass is 16.6. The van der Waals surface area contributed by atoms with Crippen LogP contribution >= 0.6 is 0 Å². The molecule has 1 amide bonds. The van der Waals surface area contributed by atoms with Crippen molar-refractivity contribution >= 4 is 11.6 Å². The lowest BCUT2D eigenvalue weighted by atomic mass is 10.1. The van der Waals surface area contributed by atoms with E-state index in [1.165, 1.54) is 26.4 Å². The maximum absolute atomic E-state index is 12.2. The van der Waals surface area contributed by atoms with Crippen LogP contribution in [0.4, 0.5) is 5.69 Å². The van der Waals surface area contributed by atoms with Crippen LogP contribution in [0.3, 0.4) is 0 Å². The van der Waals surface area contributed by atoms with E-state index in [2.05, 4.69) is 10.6 Å². The number of ether oxygens (including phenoxy) is 2. The molecule has 0 saturated carbocycles. The second kappa shape index (κ2) is 8.18. The number of nitrogens with zero attached hydrogens (tertiary/aromatic N) is 1. The first kappa shape index (κ1) is 17.7. The number of nitro benzene ring substituents is 1. The van der Waals surface area contributed by atoms with Gasteiger partial charge < -0.3 is 20.1 Å². The van der Waals surface area contributed by atoms with Gasteiger partial charge in [-0.2, -0.15) is 0 Å². The number of hydrogen-bond acceptors (Lipinski definition) is 6. The normalized spacial score (nSPS) is 11.6. The number of nitro groups is 1. The fourth-order valence-corrected chi connectivity index (χ4v) is 1.96. The van der Waals surface area contributed by atoms with Gasteiger partial charge in [0.15, 0.2) is 11.5 Å². The molecule has 122 valence electrons. The average Bonchev–Trinajstić information content (AvgIpc) is 2.51. The highest BCUT2D eigenvalue weighted by Gasteiger charge is 2.24. The Hall–Kier alpha value is -2.35. The fourth-order valence-electron chi connectivity index (χ4n) is 1.96. The van der Waals surface area contributed by atoms with Crippen LogP contribution in [0.2, 0.25) is 0 Å². The van der Waals surface area contributed by atoms with Crippen molar-refractivity contribution in [1.82, 2.24) is 10.6 Å². The van der Waals surface area contributed by atoms with Crippen LogP contribution in [0.15, 0.2) is 12.1 Å². The van der Waals surface area contributed by atoms with Gasteiger partial charge in [0.1, 0.15) is 5.56 Å². The van der Waals surface area contributed by atoms with E-state index >= 15 is 0 Å². The van der Waals surface area contributed by atoms with E-state index in [1.807, 2.05) is 13.8 Å². The maximum Gasteiger partial charge on any atom is 0.286 e. The first-order valence-electron chi connectivity index (χ1n) is 6.86. The van der Waals surface area contributed by atoms with Gasteiger partial charge in [0, 0.05) is 18.7 Å². The van der Waals surface area contributed by atoms with Crippen molar-refractivity contribution in [3.05, 3.63) is 27.8 Å². The number of nitrogens with one attached hydrogen (secondary N) is 2. The number of amides is 1. The monoisotopic (exact) mass is 311 g/mol. The molecule has 8 nitrogen and oxygen atoms in total. The minimum Gasteiger partial charge on any atom is -0.493 e. The summed E-state index contributed by atoms with van der Waals surface area (Å²) in [6.45, 7) is 5.00. The summed E-state index contributed by atoms with van der Waals surface area (Å²) in [6, 6.07) is 2.55. The Morgan fingerprint density at radius 3 is 2.41 bits per heavy atom. The third kappa shape index (κ3) is 4.32. The number of hydrogen-bond donors (Lipinski definition) is 2. The summed E-state index contributed by atoms with van der Waals surface area (Å²) in [7, 11) is 2.78. The van der Waals surface area contributed by atoms with Crippen LogP contribution in [-0.4, -0.2) is 44.2 Å². The van der Waals surface area contributed by atoms with Gasteiger partial charge in [-0.1, -0.05) is 6.92 Å². The van der Waals surface area contributed by atoms with Crippen LogP contribution in [0.25, 0.3) is 0 Å². The van der Waals surface area contributed by atoms with E-state index in [-0.39, 0.29) is 28.8 Å². The van der Waals surface area contributed by atoms with Crippen LogP contribution in [0.1, 0.15) is 24.2 Å². The zero-order valence-electron chi connectivity index (χ0n) is 13.1. The molecule has 0 radical (unpaired) electrons. The zero-order valence-corrected chi connectivity index (χ0v) is 13.1. The maximum atomic E-state index is 12.2. The van der Waals surface area contributed by atoms with Crippen molar-refractivity contribution in [1.29, 1.82) is 0 Å². The molecule has 0 spiro atoms. The standard InChI is InChI=1S/C14H21N3O5/c1-5-15-9(2)8-16-14(18)10-6-12(21-3)13(22-4)7-11(10)17(19)20/h6-7,9,15H,5,8H2,1-4H3,(H,16,18)/t9-/m1/s1. The summed E-state index contributed by atoms with van der Waals surface area (Å²) < 4.78 is 10.1. The van der Waals surface area contributed by atoms with Crippen molar-refractivity contribution in [3.63, 3.8) is 0 Å². The molecule has 1 aromatic rings. The van der Waals surface area contributed by atoms with Gasteiger partial charge in [0.05, 0.1) is 25.2 Å². The van der Waals surface area contributed by atoms with Crippen molar-refractivity contribution in [3.8, 4) is 11.5 Å². The topological polar surface area (TPSA) is 103 Å². The second-order valence-corrected chi connectivity index (χ2v) is 4.65. The number of rotatable bonds is 8. The molecule has 0 heterocycles. The smallest absolute Gasteiger partial charge is 0.286 e. The molecule has 0 aromatic heterocycles. The lowest BCUT2D eigenvalue weighted by molar-refractivity contribution is -0.385. The SMILES string of the molecule is CCN[C@H](C)CNC(=O)c1cc(OC)c(OC)cc1[N+](=O)[O-]. The van der Waals surface area contributed by atoms with Gasteiger partial charge in [-0.05, 0) is 13.5 Å². The van der Waals surface area contributed by atoms with Crippen LogP contribution in [0.5, 0.6) is 11.5 Å². The molecule has 1 aromatic carbocycles. The van der Waals surface area contributed by atoms with Crippen LogP contribution in [0, 0.1) is 10.1 Å². The van der Waals surface area contributed by atoms with E-state index in [0.717, 1.165) is 6.54 Å². The first-order valence-corrected chi connectivity index (χ1v) is 6.86. The van der Waals surface area contributed by atoms with Crippen LogP contribution in [-0.2, 0) is 0 Å². The van der Waals surface area contributed by atoms with Crippen LogP contribution < -0.4 is 20.1 Å². The zero-order chi connectivity index (χ0) is 16.7. The molecule has 0 unspecified atom stereocenters. The van der Waals surface area contributed by atoms with E-state index < -0.39 is 10.8 Å². The molecular formula is C14H21N3O5. The summed E-state index contributed by atoms with van der Waals surface area (Å²) in [5.41, 5.74) is -0.391. The summed E-state index contributed by atoms with van der Waals surface area (Å²) >= 11 is 0. The number of likely N-dealkylation sites (N-methyl/N-ethyl adjacent to an activating group) is 1. The van der Waals surface area contributed by atoms with Crippen molar-refractivity contribution in [2.45, 2.75) is 19.9 Å². The third-order valence-electron chi connectivity index (χ3n) is 3.06. The molecule has 2 N–H and O–H groups in total. The second-order valence-electron chi connectivity index (χ2n) is 4.65. The van der Waals surface area contributed by atoms with Crippen molar-refractivity contribution in [2.75, 3.05) is 27.3 Å². The Labute approximate surface area is 128 Å². The van der Waals surface area contributed by atoms with Gasteiger partial charge in [-0.15, -0.1) is 0 Å². The third-order valence-corrected chi connectivity index (χ3v) is 3.06. The Morgan fingerprint density at radius 1 is 1.32 bits per heavy atom. The van der Waals surface area contributed by atoms with E-state index in [9.17, 15) is 14.9 Å². The highest BCUT2D eigenvalue weighted by molar-refractivity contribution is 5.99. The van der Waals surface area contributed by atoms with Crippen molar-refractivity contribution in [2.24, 2.45) is 0 Å². The largest absolute Gasteiger partial charge is 0.493 e. The average molecular weight is 311 g/mol. The Bertz CT molecular complexity index is 548. The quantitative estimate of drug-likeness (QED) is 0.555. The van der Waals surface area contributed by atoms with Gasteiger partial charge >= 0.3 is 0 Å². The lowest BCUT2D eigenvalue weighted by Crippen LogP contribution is -2.38. The number of carbonyl (C=O) groups is 1. The summed E-state index contributed by atoms with van der Waals surface area (Å²) in [5, 5.41) is 17.0. The van der Waals surface area contributed by atoms with Gasteiger partial charge in [-0.25, -0.2) is 0 Å². The fraction of sp³-hybridized carbons (Fsp3) is 0.500. The first-order chi connectivity index (χ1) is 10.4. The summed E-state index contributed by atoms with van der Waals surface area (Å²) in [4.78, 5) is 22.7. The molecule has 1 rings (SSSR count). The molecule has 0 aliphatic rings. The Balaban J connectivity index is 3.05. The molecule has 8 heteroatoms. The predicted octanol–water partition coefficient (Wildman–Crippen LogP) is 1.34. The molecule has 0 bridgehead atoms. The molecule has 1 atom stereocenters. The Kier molecular flexibility index (Phi) is 6.58. The molecule has 0 saturated heterocycles. The molecule has 0 aliphatic carbocycles. The van der Waals surface area contributed by atoms with Gasteiger partial charge in [0.2, 0.25) is 0 Å². The summed E-state index contributed by atoms with van der Waals surface area (Å²) in [6.07, 6.45) is 0. The molecule has 0 fully saturated rings. The van der Waals surface area contributed by atoms with Gasteiger partial charge in [-0.3, -0.25) is 14.9 Å². The van der Waals surface area contributed by atoms with E-state index in [4.69, 9.17) is 9.47 Å². The van der Waals surface area contributed by atoms with Gasteiger partial charge in [0.25, 0.3) is 11.6 Å². The molecule has 22 heavy (non-hydrogen) atoms. The lowest BCUT2D eigenvalue weighted by Gasteiger charge is -2.14. The number of benzene rings is 1. The Morgan fingerprint density at radius 2 is 1.91 bits per heavy atom. The minimum absolute atomic E-state index is 0.0631. The van der Waals surface area contributed by atoms with E-state index in [0.29, 0.717) is 6.54 Å². The molecule has 0 aliphatic heterocycles. The summed E-state index contributed by atoms with van der Waals surface area (Å²) in [5.74, 6) is -0.0674. The number of methoxy groups -OCH3 is 2. The predicted molar refractivity (Wildman–Crippen MR) is 81.7 cm³/mol.